The van der Waals surface area contributed by atoms with Gasteiger partial charge in [-0.05, 0) is 53.5 Å². The number of allylic oxidation sites excluding steroid dienone is 4. The first-order valence-electron chi connectivity index (χ1n) is 8.72. The van der Waals surface area contributed by atoms with Crippen LogP contribution in [0.2, 0.25) is 0 Å². The Morgan fingerprint density at radius 1 is 0.960 bits per heavy atom. The van der Waals surface area contributed by atoms with Crippen molar-refractivity contribution in [3.8, 4) is 0 Å². The van der Waals surface area contributed by atoms with Crippen LogP contribution in [0, 0.1) is 5.92 Å². The lowest BCUT2D eigenvalue weighted by molar-refractivity contribution is 0.735. The van der Waals surface area contributed by atoms with Crippen molar-refractivity contribution < 1.29 is 0 Å². The molecule has 0 radical (unpaired) electrons. The van der Waals surface area contributed by atoms with E-state index < -0.39 is 0 Å². The van der Waals surface area contributed by atoms with Gasteiger partial charge >= 0.3 is 0 Å². The zero-order valence-electron chi connectivity index (χ0n) is 14.0. The predicted molar refractivity (Wildman–Crippen MR) is 112 cm³/mol. The number of benzene rings is 3. The van der Waals surface area contributed by atoms with E-state index in [1.807, 2.05) is 0 Å². The molecule has 0 saturated heterocycles. The van der Waals surface area contributed by atoms with Crippen molar-refractivity contribution in [2.24, 2.45) is 5.92 Å². The summed E-state index contributed by atoms with van der Waals surface area (Å²) in [6.45, 7) is 2.26. The molecule has 122 valence electrons. The van der Waals surface area contributed by atoms with Crippen molar-refractivity contribution in [3.63, 3.8) is 0 Å². The van der Waals surface area contributed by atoms with E-state index in [-0.39, 0.29) is 0 Å². The van der Waals surface area contributed by atoms with Gasteiger partial charge < -0.3 is 4.57 Å². The summed E-state index contributed by atoms with van der Waals surface area (Å²) in [6.07, 6.45) is 8.04. The smallest absolute Gasteiger partial charge is 0.0547 e. The van der Waals surface area contributed by atoms with Gasteiger partial charge in [-0.25, -0.2) is 0 Å². The summed E-state index contributed by atoms with van der Waals surface area (Å²) >= 11 is 3.66. The van der Waals surface area contributed by atoms with E-state index in [2.05, 4.69) is 100 Å². The van der Waals surface area contributed by atoms with Crippen LogP contribution in [0.3, 0.4) is 0 Å². The molecule has 0 aliphatic heterocycles. The van der Waals surface area contributed by atoms with E-state index in [9.17, 15) is 0 Å². The fourth-order valence-electron chi connectivity index (χ4n) is 3.92. The Morgan fingerprint density at radius 3 is 2.64 bits per heavy atom. The Bertz CT molecular complexity index is 1190. The van der Waals surface area contributed by atoms with Crippen LogP contribution < -0.4 is 0 Å². The predicted octanol–water partition coefficient (Wildman–Crippen LogP) is 7.15. The highest BCUT2D eigenvalue weighted by molar-refractivity contribution is 9.10. The van der Waals surface area contributed by atoms with Gasteiger partial charge in [0.15, 0.2) is 0 Å². The third-order valence-corrected chi connectivity index (χ3v) is 5.66. The van der Waals surface area contributed by atoms with Crippen LogP contribution in [0.5, 0.6) is 0 Å². The molecule has 2 heteroatoms. The summed E-state index contributed by atoms with van der Waals surface area (Å²) in [5.41, 5.74) is 3.81. The second kappa shape index (κ2) is 5.60. The standard InChI is InChI=1S/C23H18BrN/c1-15-6-10-18(11-7-15)25-21-13-9-17(24)14-20(21)23-19-5-3-2-4-16(19)8-12-22(23)25/h2-6,8-15H,7H2,1H3. The molecule has 4 aromatic rings. The second-order valence-electron chi connectivity index (χ2n) is 6.88. The molecule has 1 unspecified atom stereocenters. The molecule has 0 amide bonds. The number of hydrogen-bond donors (Lipinski definition) is 0. The third-order valence-electron chi connectivity index (χ3n) is 5.17. The minimum Gasteiger partial charge on any atom is -0.310 e. The largest absolute Gasteiger partial charge is 0.310 e. The molecule has 1 atom stereocenters. The molecule has 0 N–H and O–H groups in total. The molecule has 1 nitrogen and oxygen atoms in total. The quantitative estimate of drug-likeness (QED) is 0.326. The van der Waals surface area contributed by atoms with Gasteiger partial charge in [-0.1, -0.05) is 65.3 Å². The van der Waals surface area contributed by atoms with E-state index in [4.69, 9.17) is 0 Å². The average Bonchev–Trinajstić information content (AvgIpc) is 2.96. The normalized spacial score (nSPS) is 17.5. The molecule has 0 saturated carbocycles. The molecule has 1 aliphatic rings. The minimum absolute atomic E-state index is 0.617. The summed E-state index contributed by atoms with van der Waals surface area (Å²) in [6, 6.07) is 19.8. The molecule has 3 aromatic carbocycles. The summed E-state index contributed by atoms with van der Waals surface area (Å²) < 4.78 is 3.53. The van der Waals surface area contributed by atoms with E-state index in [1.165, 1.54) is 38.3 Å². The van der Waals surface area contributed by atoms with Gasteiger partial charge in [0.25, 0.3) is 0 Å². The van der Waals surface area contributed by atoms with Gasteiger partial charge in [0.05, 0.1) is 11.0 Å². The highest BCUT2D eigenvalue weighted by Crippen LogP contribution is 2.38. The van der Waals surface area contributed by atoms with Gasteiger partial charge in [-0.15, -0.1) is 0 Å². The molecular formula is C23H18BrN. The maximum Gasteiger partial charge on any atom is 0.0547 e. The van der Waals surface area contributed by atoms with Gasteiger partial charge in [0, 0.05) is 20.9 Å². The SMILES string of the molecule is CC1C=CC(n2c3ccc(Br)cc3c3c4ccccc4ccc32)=CC1. The lowest BCUT2D eigenvalue weighted by atomic mass is 10.0. The maximum atomic E-state index is 3.66. The number of rotatable bonds is 1. The fraction of sp³-hybridized carbons (Fsp3) is 0.130. The Hall–Kier alpha value is -2.32. The van der Waals surface area contributed by atoms with E-state index in [1.54, 1.807) is 0 Å². The minimum atomic E-state index is 0.617. The van der Waals surface area contributed by atoms with E-state index in [0.29, 0.717) is 5.92 Å². The number of hydrogen-bond acceptors (Lipinski definition) is 0. The first-order valence-corrected chi connectivity index (χ1v) is 9.52. The molecule has 0 bridgehead atoms. The van der Waals surface area contributed by atoms with Crippen molar-refractivity contribution in [1.82, 2.24) is 4.57 Å². The highest BCUT2D eigenvalue weighted by Gasteiger charge is 2.16. The van der Waals surface area contributed by atoms with Crippen LogP contribution in [0.25, 0.3) is 38.3 Å². The lowest BCUT2D eigenvalue weighted by Gasteiger charge is -2.15. The van der Waals surface area contributed by atoms with Crippen molar-refractivity contribution in [2.75, 3.05) is 0 Å². The average molecular weight is 388 g/mol. The molecule has 25 heavy (non-hydrogen) atoms. The second-order valence-corrected chi connectivity index (χ2v) is 7.79. The van der Waals surface area contributed by atoms with Crippen LogP contribution >= 0.6 is 15.9 Å². The number of nitrogens with zero attached hydrogens (tertiary/aromatic N) is 1. The first kappa shape index (κ1) is 15.0. The van der Waals surface area contributed by atoms with E-state index >= 15 is 0 Å². The van der Waals surface area contributed by atoms with Crippen molar-refractivity contribution in [1.29, 1.82) is 0 Å². The van der Waals surface area contributed by atoms with Gasteiger partial charge in [-0.3, -0.25) is 0 Å². The summed E-state index contributed by atoms with van der Waals surface area (Å²) in [7, 11) is 0. The van der Waals surface area contributed by atoms with Crippen LogP contribution in [0.4, 0.5) is 0 Å². The van der Waals surface area contributed by atoms with Crippen molar-refractivity contribution in [3.05, 3.63) is 77.3 Å². The third kappa shape index (κ3) is 2.28. The van der Waals surface area contributed by atoms with Crippen molar-refractivity contribution >= 4 is 54.2 Å². The monoisotopic (exact) mass is 387 g/mol. The summed E-state index contributed by atoms with van der Waals surface area (Å²) in [4.78, 5) is 0. The van der Waals surface area contributed by atoms with Gasteiger partial charge in [0.2, 0.25) is 0 Å². The maximum absolute atomic E-state index is 3.66. The van der Waals surface area contributed by atoms with Gasteiger partial charge in [-0.2, -0.15) is 0 Å². The first-order chi connectivity index (χ1) is 12.2. The van der Waals surface area contributed by atoms with Crippen LogP contribution in [0.1, 0.15) is 13.3 Å². The van der Waals surface area contributed by atoms with Crippen LogP contribution in [-0.4, -0.2) is 4.57 Å². The molecular weight excluding hydrogens is 370 g/mol. The van der Waals surface area contributed by atoms with Crippen LogP contribution in [0.15, 0.2) is 77.3 Å². The van der Waals surface area contributed by atoms with Crippen molar-refractivity contribution in [2.45, 2.75) is 13.3 Å². The fourth-order valence-corrected chi connectivity index (χ4v) is 4.28. The molecule has 1 aliphatic carbocycles. The lowest BCUT2D eigenvalue weighted by Crippen LogP contribution is -2.00. The number of aromatic nitrogens is 1. The van der Waals surface area contributed by atoms with Gasteiger partial charge in [0.1, 0.15) is 0 Å². The topological polar surface area (TPSA) is 4.93 Å². The number of halogens is 1. The zero-order valence-corrected chi connectivity index (χ0v) is 15.6. The molecule has 5 rings (SSSR count). The number of fused-ring (bicyclic) bond motifs is 5. The zero-order chi connectivity index (χ0) is 17.0. The summed E-state index contributed by atoms with van der Waals surface area (Å²) in [5.74, 6) is 0.617. The summed E-state index contributed by atoms with van der Waals surface area (Å²) in [5, 5.41) is 5.24. The molecule has 1 heterocycles. The highest BCUT2D eigenvalue weighted by atomic mass is 79.9. The Balaban J connectivity index is 1.97. The Labute approximate surface area is 155 Å². The Kier molecular flexibility index (Phi) is 3.36. The molecule has 0 spiro atoms. The molecule has 0 fully saturated rings. The van der Waals surface area contributed by atoms with Crippen LogP contribution in [-0.2, 0) is 0 Å². The molecule has 1 aromatic heterocycles. The Morgan fingerprint density at radius 2 is 1.80 bits per heavy atom. The van der Waals surface area contributed by atoms with E-state index in [0.717, 1.165) is 10.9 Å².